The minimum Gasteiger partial charge on any atom is -0.481 e. The summed E-state index contributed by atoms with van der Waals surface area (Å²) < 4.78 is 5.09. The van der Waals surface area contributed by atoms with E-state index in [2.05, 4.69) is 36.1 Å². The average Bonchev–Trinajstić information content (AvgIpc) is 2.24. The summed E-state index contributed by atoms with van der Waals surface area (Å²) in [6.45, 7) is 8.00. The molecule has 0 spiro atoms. The second-order valence-corrected chi connectivity index (χ2v) is 6.05. The number of rotatable bonds is 6. The van der Waals surface area contributed by atoms with Gasteiger partial charge in [-0.15, -0.1) is 0 Å². The van der Waals surface area contributed by atoms with Crippen molar-refractivity contribution >= 4 is 11.8 Å². The molecule has 1 aromatic rings. The van der Waals surface area contributed by atoms with Crippen LogP contribution in [-0.4, -0.2) is 34.2 Å². The standard InChI is InChI=1S/C14H23N3O3/c1-9-15-11(7-12(16-9)20-5)17-10(6-13(18)19)8-14(2,3)4/h7,10H,6,8H2,1-5H3,(H,18,19)(H,15,16,17). The molecule has 1 unspecified atom stereocenters. The van der Waals surface area contributed by atoms with Crippen LogP contribution in [0.2, 0.25) is 0 Å². The zero-order valence-electron chi connectivity index (χ0n) is 12.7. The van der Waals surface area contributed by atoms with Crippen molar-refractivity contribution in [3.05, 3.63) is 11.9 Å². The molecule has 6 nitrogen and oxygen atoms in total. The van der Waals surface area contributed by atoms with Gasteiger partial charge in [0.2, 0.25) is 5.88 Å². The van der Waals surface area contributed by atoms with Gasteiger partial charge in [-0.2, -0.15) is 4.98 Å². The number of carbonyl (C=O) groups is 1. The first-order valence-electron chi connectivity index (χ1n) is 6.57. The van der Waals surface area contributed by atoms with Gasteiger partial charge >= 0.3 is 5.97 Å². The number of aliphatic carboxylic acids is 1. The molecule has 20 heavy (non-hydrogen) atoms. The highest BCUT2D eigenvalue weighted by atomic mass is 16.5. The Morgan fingerprint density at radius 1 is 1.45 bits per heavy atom. The number of carboxylic acid groups (broad SMARTS) is 1. The van der Waals surface area contributed by atoms with Crippen molar-refractivity contribution in [2.24, 2.45) is 5.41 Å². The molecule has 0 saturated carbocycles. The van der Waals surface area contributed by atoms with Gasteiger partial charge in [0, 0.05) is 12.1 Å². The van der Waals surface area contributed by atoms with Gasteiger partial charge in [-0.05, 0) is 18.8 Å². The van der Waals surface area contributed by atoms with Crippen LogP contribution in [0.1, 0.15) is 39.4 Å². The molecule has 1 heterocycles. The number of aryl methyl sites for hydroxylation is 1. The number of aromatic nitrogens is 2. The first kappa shape index (κ1) is 16.2. The molecule has 6 heteroatoms. The van der Waals surface area contributed by atoms with E-state index in [1.165, 1.54) is 7.11 Å². The highest BCUT2D eigenvalue weighted by Crippen LogP contribution is 2.25. The highest BCUT2D eigenvalue weighted by Gasteiger charge is 2.21. The lowest BCUT2D eigenvalue weighted by molar-refractivity contribution is -0.137. The maximum atomic E-state index is 11.0. The second-order valence-electron chi connectivity index (χ2n) is 6.05. The van der Waals surface area contributed by atoms with Crippen molar-refractivity contribution < 1.29 is 14.6 Å². The number of hydrogen-bond acceptors (Lipinski definition) is 5. The van der Waals surface area contributed by atoms with Gasteiger partial charge < -0.3 is 15.2 Å². The fraction of sp³-hybridized carbons (Fsp3) is 0.643. The smallest absolute Gasteiger partial charge is 0.305 e. The molecule has 2 N–H and O–H groups in total. The van der Waals surface area contributed by atoms with Gasteiger partial charge in [0.1, 0.15) is 11.6 Å². The van der Waals surface area contributed by atoms with Crippen molar-refractivity contribution in [3.8, 4) is 5.88 Å². The summed E-state index contributed by atoms with van der Waals surface area (Å²) in [4.78, 5) is 19.3. The molecular weight excluding hydrogens is 258 g/mol. The van der Waals surface area contributed by atoms with E-state index in [1.54, 1.807) is 13.0 Å². The van der Waals surface area contributed by atoms with E-state index in [0.29, 0.717) is 17.5 Å². The van der Waals surface area contributed by atoms with Crippen LogP contribution < -0.4 is 10.1 Å². The number of anilines is 1. The summed E-state index contributed by atoms with van der Waals surface area (Å²) >= 11 is 0. The highest BCUT2D eigenvalue weighted by molar-refractivity contribution is 5.68. The molecule has 0 radical (unpaired) electrons. The van der Waals surface area contributed by atoms with E-state index in [4.69, 9.17) is 9.84 Å². The van der Waals surface area contributed by atoms with Gasteiger partial charge in [0.05, 0.1) is 13.5 Å². The van der Waals surface area contributed by atoms with Crippen molar-refractivity contribution in [1.29, 1.82) is 0 Å². The summed E-state index contributed by atoms with van der Waals surface area (Å²) in [6, 6.07) is 1.48. The maximum absolute atomic E-state index is 11.0. The van der Waals surface area contributed by atoms with Crippen molar-refractivity contribution in [3.63, 3.8) is 0 Å². The van der Waals surface area contributed by atoms with Crippen LogP contribution in [0.5, 0.6) is 5.88 Å². The Kier molecular flexibility index (Phi) is 5.30. The summed E-state index contributed by atoms with van der Waals surface area (Å²) in [7, 11) is 1.54. The van der Waals surface area contributed by atoms with Crippen LogP contribution >= 0.6 is 0 Å². The molecule has 0 amide bonds. The monoisotopic (exact) mass is 281 g/mol. The minimum atomic E-state index is -0.829. The third kappa shape index (κ3) is 5.86. The Bertz CT molecular complexity index is 469. The van der Waals surface area contributed by atoms with Crippen molar-refractivity contribution in [1.82, 2.24) is 9.97 Å². The maximum Gasteiger partial charge on any atom is 0.305 e. The van der Waals surface area contributed by atoms with Gasteiger partial charge in [0.25, 0.3) is 0 Å². The largest absolute Gasteiger partial charge is 0.481 e. The van der Waals surface area contributed by atoms with Crippen LogP contribution in [0.25, 0.3) is 0 Å². The molecule has 112 valence electrons. The fourth-order valence-electron chi connectivity index (χ4n) is 2.05. The quantitative estimate of drug-likeness (QED) is 0.833. The Balaban J connectivity index is 2.88. The first-order valence-corrected chi connectivity index (χ1v) is 6.57. The predicted molar refractivity (Wildman–Crippen MR) is 77.1 cm³/mol. The number of nitrogens with zero attached hydrogens (tertiary/aromatic N) is 2. The minimum absolute atomic E-state index is 0.0271. The molecule has 0 fully saturated rings. The molecule has 0 bridgehead atoms. The van der Waals surface area contributed by atoms with Crippen LogP contribution in [0, 0.1) is 12.3 Å². The van der Waals surface area contributed by atoms with Gasteiger partial charge in [-0.1, -0.05) is 20.8 Å². The fourth-order valence-corrected chi connectivity index (χ4v) is 2.05. The zero-order valence-corrected chi connectivity index (χ0v) is 12.7. The third-order valence-corrected chi connectivity index (χ3v) is 2.66. The van der Waals surface area contributed by atoms with Gasteiger partial charge in [0.15, 0.2) is 0 Å². The average molecular weight is 281 g/mol. The lowest BCUT2D eigenvalue weighted by Crippen LogP contribution is -2.28. The molecule has 1 aromatic heterocycles. The third-order valence-electron chi connectivity index (χ3n) is 2.66. The molecule has 1 atom stereocenters. The van der Waals surface area contributed by atoms with Gasteiger partial charge in [-0.25, -0.2) is 4.98 Å². The zero-order chi connectivity index (χ0) is 15.3. The number of nitrogens with one attached hydrogen (secondary N) is 1. The van der Waals surface area contributed by atoms with E-state index in [9.17, 15) is 4.79 Å². The van der Waals surface area contributed by atoms with Crippen LogP contribution in [-0.2, 0) is 4.79 Å². The lowest BCUT2D eigenvalue weighted by atomic mass is 9.87. The SMILES string of the molecule is COc1cc(NC(CC(=O)O)CC(C)(C)C)nc(C)n1. The number of carboxylic acids is 1. The summed E-state index contributed by atoms with van der Waals surface area (Å²) in [5, 5.41) is 12.2. The van der Waals surface area contributed by atoms with Crippen LogP contribution in [0.4, 0.5) is 5.82 Å². The van der Waals surface area contributed by atoms with Crippen molar-refractivity contribution in [2.45, 2.75) is 46.6 Å². The van der Waals surface area contributed by atoms with E-state index < -0.39 is 5.97 Å². The van der Waals surface area contributed by atoms with Gasteiger partial charge in [-0.3, -0.25) is 4.79 Å². The number of hydrogen-bond donors (Lipinski definition) is 2. The summed E-state index contributed by atoms with van der Waals surface area (Å²) in [5.74, 6) is 0.802. The number of ether oxygens (including phenoxy) is 1. The molecule has 0 aliphatic carbocycles. The van der Waals surface area contributed by atoms with E-state index >= 15 is 0 Å². The Morgan fingerprint density at radius 3 is 2.60 bits per heavy atom. The number of methoxy groups -OCH3 is 1. The molecule has 1 rings (SSSR count). The molecule has 0 aromatic carbocycles. The Hall–Kier alpha value is -1.85. The van der Waals surface area contributed by atoms with E-state index in [0.717, 1.165) is 6.42 Å². The Labute approximate surface area is 119 Å². The summed E-state index contributed by atoms with van der Waals surface area (Å²) in [6.07, 6.45) is 0.771. The molecule has 0 aliphatic heterocycles. The van der Waals surface area contributed by atoms with Crippen LogP contribution in [0.15, 0.2) is 6.07 Å². The first-order chi connectivity index (χ1) is 9.19. The molecule has 0 aliphatic rings. The van der Waals surface area contributed by atoms with Crippen molar-refractivity contribution in [2.75, 3.05) is 12.4 Å². The van der Waals surface area contributed by atoms with Crippen LogP contribution in [0.3, 0.4) is 0 Å². The summed E-state index contributed by atoms with van der Waals surface area (Å²) in [5.41, 5.74) is 0.0271. The predicted octanol–water partition coefficient (Wildman–Crippen LogP) is 2.49. The lowest BCUT2D eigenvalue weighted by Gasteiger charge is -2.26. The molecular formula is C14H23N3O3. The van der Waals surface area contributed by atoms with E-state index in [-0.39, 0.29) is 17.9 Å². The molecule has 0 saturated heterocycles. The Morgan fingerprint density at radius 2 is 2.10 bits per heavy atom. The van der Waals surface area contributed by atoms with E-state index in [1.807, 2.05) is 0 Å². The normalized spacial score (nSPS) is 12.8. The topological polar surface area (TPSA) is 84.3 Å². The second kappa shape index (κ2) is 6.54.